The predicted octanol–water partition coefficient (Wildman–Crippen LogP) is 1.62. The summed E-state index contributed by atoms with van der Waals surface area (Å²) in [7, 11) is 0. The molecule has 0 aliphatic rings. The fourth-order valence-corrected chi connectivity index (χ4v) is 3.14. The van der Waals surface area contributed by atoms with Crippen LogP contribution < -0.4 is 11.1 Å². The zero-order chi connectivity index (χ0) is 17.6. The Balaban J connectivity index is 2.01. The smallest absolute Gasteiger partial charge is 0.280 e. The summed E-state index contributed by atoms with van der Waals surface area (Å²) < 4.78 is 2.79. The molecule has 0 unspecified atom stereocenters. The van der Waals surface area contributed by atoms with E-state index >= 15 is 0 Å². The van der Waals surface area contributed by atoms with Crippen molar-refractivity contribution in [2.75, 3.05) is 6.26 Å². The highest BCUT2D eigenvalue weighted by atomic mass is 32.2. The second kappa shape index (κ2) is 5.78. The fraction of sp³-hybridized carbons (Fsp3) is 0.125. The van der Waals surface area contributed by atoms with Gasteiger partial charge in [-0.05, 0) is 25.3 Å². The second-order valence-electron chi connectivity index (χ2n) is 5.43. The normalized spacial score (nSPS) is 11.3. The number of hydrogen-bond acceptors (Lipinski definition) is 5. The number of aryl methyl sites for hydroxylation is 1. The van der Waals surface area contributed by atoms with Gasteiger partial charge in [-0.25, -0.2) is 14.3 Å². The third kappa shape index (κ3) is 2.40. The summed E-state index contributed by atoms with van der Waals surface area (Å²) in [4.78, 5) is 29.7. The summed E-state index contributed by atoms with van der Waals surface area (Å²) in [5, 5.41) is 10.7. The average molecular weight is 354 g/mol. The van der Waals surface area contributed by atoms with Crippen LogP contribution in [-0.2, 0) is 0 Å². The zero-order valence-corrected chi connectivity index (χ0v) is 14.3. The van der Waals surface area contributed by atoms with E-state index in [1.807, 2.05) is 36.6 Å². The first kappa shape index (κ1) is 15.5. The molecule has 1 aromatic carbocycles. The van der Waals surface area contributed by atoms with Gasteiger partial charge < -0.3 is 0 Å². The predicted molar refractivity (Wildman–Crippen MR) is 96.0 cm³/mol. The summed E-state index contributed by atoms with van der Waals surface area (Å²) in [6, 6.07) is 10.6. The molecule has 3 aromatic heterocycles. The standard InChI is InChI=1S/C16H14N6O2S/c1-9-13-11(20-22(14(13)24)10-6-4-3-5-7-10)8-12(23)21(9)15-17-16(25-2)19-18-15/h3-8,20H,1-2H3,(H,17,18,19). The third-order valence-corrected chi connectivity index (χ3v) is 4.51. The van der Waals surface area contributed by atoms with Gasteiger partial charge in [-0.1, -0.05) is 30.0 Å². The molecule has 0 spiro atoms. The van der Waals surface area contributed by atoms with Crippen LogP contribution in [0.5, 0.6) is 0 Å². The van der Waals surface area contributed by atoms with E-state index in [9.17, 15) is 9.59 Å². The topological polar surface area (TPSA) is 101 Å². The summed E-state index contributed by atoms with van der Waals surface area (Å²) in [5.41, 5.74) is 1.16. The van der Waals surface area contributed by atoms with E-state index in [1.54, 1.807) is 6.92 Å². The minimum Gasteiger partial charge on any atom is -0.290 e. The number of H-pyrrole nitrogens is 2. The van der Waals surface area contributed by atoms with E-state index in [-0.39, 0.29) is 11.1 Å². The first-order valence-corrected chi connectivity index (χ1v) is 8.72. The van der Waals surface area contributed by atoms with Gasteiger partial charge in [0.25, 0.3) is 11.1 Å². The van der Waals surface area contributed by atoms with E-state index in [4.69, 9.17) is 0 Å². The molecule has 0 saturated heterocycles. The molecule has 25 heavy (non-hydrogen) atoms. The Morgan fingerprint density at radius 1 is 1.16 bits per heavy atom. The molecule has 0 radical (unpaired) electrons. The SMILES string of the molecule is CSc1n[nH]c(-n2c(C)c3c(=O)n(-c4ccccc4)[nH]c3cc2=O)n1. The Morgan fingerprint density at radius 3 is 2.60 bits per heavy atom. The highest BCUT2D eigenvalue weighted by Gasteiger charge is 2.17. The highest BCUT2D eigenvalue weighted by molar-refractivity contribution is 7.98. The van der Waals surface area contributed by atoms with Gasteiger partial charge in [0.2, 0.25) is 11.1 Å². The molecular weight excluding hydrogens is 340 g/mol. The number of thioether (sulfide) groups is 1. The van der Waals surface area contributed by atoms with Crippen molar-refractivity contribution in [2.45, 2.75) is 12.1 Å². The van der Waals surface area contributed by atoms with Crippen molar-refractivity contribution in [1.29, 1.82) is 0 Å². The Morgan fingerprint density at radius 2 is 1.92 bits per heavy atom. The van der Waals surface area contributed by atoms with Crippen LogP contribution >= 0.6 is 11.8 Å². The van der Waals surface area contributed by atoms with E-state index in [1.165, 1.54) is 27.1 Å². The fourth-order valence-electron chi connectivity index (χ4n) is 2.83. The maximum atomic E-state index is 12.9. The number of nitrogens with one attached hydrogen (secondary N) is 2. The van der Waals surface area contributed by atoms with Crippen LogP contribution in [0.2, 0.25) is 0 Å². The van der Waals surface area contributed by atoms with Gasteiger partial charge in [-0.15, -0.1) is 5.10 Å². The van der Waals surface area contributed by atoms with Crippen LogP contribution in [0.3, 0.4) is 0 Å². The van der Waals surface area contributed by atoms with E-state index in [0.717, 1.165) is 0 Å². The van der Waals surface area contributed by atoms with Gasteiger partial charge in [0.15, 0.2) is 0 Å². The van der Waals surface area contributed by atoms with E-state index in [2.05, 4.69) is 20.3 Å². The van der Waals surface area contributed by atoms with Crippen molar-refractivity contribution in [1.82, 2.24) is 29.5 Å². The molecule has 9 heteroatoms. The Labute approximate surface area is 145 Å². The molecule has 0 atom stereocenters. The first-order valence-electron chi connectivity index (χ1n) is 7.49. The third-order valence-electron chi connectivity index (χ3n) is 3.97. The van der Waals surface area contributed by atoms with Crippen molar-refractivity contribution in [2.24, 2.45) is 0 Å². The minimum absolute atomic E-state index is 0.225. The van der Waals surface area contributed by atoms with Gasteiger partial charge >= 0.3 is 0 Å². The summed E-state index contributed by atoms with van der Waals surface area (Å²) >= 11 is 1.36. The van der Waals surface area contributed by atoms with Crippen molar-refractivity contribution < 1.29 is 0 Å². The van der Waals surface area contributed by atoms with Gasteiger partial charge in [0, 0.05) is 11.8 Å². The molecule has 0 aliphatic heterocycles. The number of fused-ring (bicyclic) bond motifs is 1. The van der Waals surface area contributed by atoms with Crippen molar-refractivity contribution in [3.05, 3.63) is 62.8 Å². The average Bonchev–Trinajstić information content (AvgIpc) is 3.20. The lowest BCUT2D eigenvalue weighted by atomic mass is 10.2. The molecule has 4 aromatic rings. The molecule has 0 bridgehead atoms. The zero-order valence-electron chi connectivity index (χ0n) is 13.5. The van der Waals surface area contributed by atoms with Crippen molar-refractivity contribution in [3.8, 4) is 11.6 Å². The number of nitrogens with zero attached hydrogens (tertiary/aromatic N) is 4. The Bertz CT molecular complexity index is 1190. The molecule has 0 amide bonds. The molecule has 0 saturated carbocycles. The largest absolute Gasteiger partial charge is 0.290 e. The van der Waals surface area contributed by atoms with Gasteiger partial charge in [-0.2, -0.15) is 4.98 Å². The molecule has 0 fully saturated rings. The van der Waals surface area contributed by atoms with E-state index < -0.39 is 0 Å². The lowest BCUT2D eigenvalue weighted by Gasteiger charge is -2.05. The second-order valence-corrected chi connectivity index (χ2v) is 6.20. The monoisotopic (exact) mass is 354 g/mol. The van der Waals surface area contributed by atoms with Crippen LogP contribution in [-0.4, -0.2) is 35.8 Å². The number of rotatable bonds is 3. The lowest BCUT2D eigenvalue weighted by Crippen LogP contribution is -2.22. The Kier molecular flexibility index (Phi) is 3.57. The summed E-state index contributed by atoms with van der Waals surface area (Å²) in [6.07, 6.45) is 1.84. The molecular formula is C16H14N6O2S. The van der Waals surface area contributed by atoms with Gasteiger partial charge in [-0.3, -0.25) is 14.7 Å². The summed E-state index contributed by atoms with van der Waals surface area (Å²) in [6.45, 7) is 1.72. The van der Waals surface area contributed by atoms with Crippen LogP contribution in [0.25, 0.3) is 22.5 Å². The van der Waals surface area contributed by atoms with Crippen LogP contribution in [0.1, 0.15) is 5.69 Å². The molecule has 8 nitrogen and oxygen atoms in total. The number of aromatic nitrogens is 6. The molecule has 3 heterocycles. The highest BCUT2D eigenvalue weighted by Crippen LogP contribution is 2.16. The Hall–Kier alpha value is -3.07. The van der Waals surface area contributed by atoms with Crippen molar-refractivity contribution in [3.63, 3.8) is 0 Å². The van der Waals surface area contributed by atoms with Gasteiger partial charge in [0.1, 0.15) is 0 Å². The number of pyridine rings is 1. The minimum atomic E-state index is -0.296. The number of hydrogen-bond donors (Lipinski definition) is 2. The summed E-state index contributed by atoms with van der Waals surface area (Å²) in [5.74, 6) is 0.292. The number of benzene rings is 1. The van der Waals surface area contributed by atoms with Crippen LogP contribution in [0.4, 0.5) is 0 Å². The number of para-hydroxylation sites is 1. The molecule has 4 rings (SSSR count). The van der Waals surface area contributed by atoms with Crippen LogP contribution in [0.15, 0.2) is 51.1 Å². The van der Waals surface area contributed by atoms with E-state index in [0.29, 0.717) is 33.4 Å². The maximum absolute atomic E-state index is 12.9. The first-order chi connectivity index (χ1) is 12.1. The molecule has 0 aliphatic carbocycles. The lowest BCUT2D eigenvalue weighted by molar-refractivity contribution is 0.863. The van der Waals surface area contributed by atoms with Crippen molar-refractivity contribution >= 4 is 22.7 Å². The molecule has 126 valence electrons. The van der Waals surface area contributed by atoms with Gasteiger partial charge in [0.05, 0.1) is 16.6 Å². The quantitative estimate of drug-likeness (QED) is 0.544. The maximum Gasteiger partial charge on any atom is 0.280 e. The molecule has 2 N–H and O–H groups in total. The van der Waals surface area contributed by atoms with Crippen LogP contribution in [0, 0.1) is 6.92 Å². The number of aromatic amines is 2.